The number of imidazole rings is 1. The van der Waals surface area contributed by atoms with Gasteiger partial charge in [0.2, 0.25) is 0 Å². The molecular formula is C17H20N4S. The van der Waals surface area contributed by atoms with Crippen LogP contribution in [0.15, 0.2) is 11.4 Å². The van der Waals surface area contributed by atoms with Crippen molar-refractivity contribution >= 4 is 11.3 Å². The predicted octanol–water partition coefficient (Wildman–Crippen LogP) is 3.56. The number of hydrogen-bond donors (Lipinski definition) is 1. The summed E-state index contributed by atoms with van der Waals surface area (Å²) < 4.78 is 0. The summed E-state index contributed by atoms with van der Waals surface area (Å²) in [6.07, 6.45) is 7.27. The van der Waals surface area contributed by atoms with Crippen molar-refractivity contribution in [3.05, 3.63) is 39.1 Å². The maximum atomic E-state index is 8.96. The third-order valence-electron chi connectivity index (χ3n) is 4.79. The molecule has 2 aliphatic rings. The average molecular weight is 312 g/mol. The number of H-pyrrole nitrogens is 1. The van der Waals surface area contributed by atoms with Gasteiger partial charge in [-0.2, -0.15) is 5.26 Å². The summed E-state index contributed by atoms with van der Waals surface area (Å²) in [6, 6.07) is 4.66. The molecule has 1 unspecified atom stereocenters. The van der Waals surface area contributed by atoms with Crippen LogP contribution in [0, 0.1) is 11.3 Å². The van der Waals surface area contributed by atoms with E-state index in [0.717, 1.165) is 31.5 Å². The Bertz CT molecular complexity index is 685. The largest absolute Gasteiger partial charge is 0.344 e. The van der Waals surface area contributed by atoms with Gasteiger partial charge in [-0.1, -0.05) is 0 Å². The van der Waals surface area contributed by atoms with Gasteiger partial charge in [-0.25, -0.2) is 4.98 Å². The van der Waals surface area contributed by atoms with Crippen LogP contribution in [0.1, 0.15) is 59.4 Å². The molecule has 1 aliphatic heterocycles. The zero-order chi connectivity index (χ0) is 14.9. The van der Waals surface area contributed by atoms with E-state index < -0.39 is 0 Å². The lowest BCUT2D eigenvalue weighted by Gasteiger charge is -2.22. The summed E-state index contributed by atoms with van der Waals surface area (Å²) in [5, 5.41) is 10.9. The number of nitriles is 1. The van der Waals surface area contributed by atoms with Gasteiger partial charge in [-0.15, -0.1) is 11.3 Å². The molecule has 0 bridgehead atoms. The van der Waals surface area contributed by atoms with E-state index in [4.69, 9.17) is 10.2 Å². The zero-order valence-electron chi connectivity index (χ0n) is 12.6. The van der Waals surface area contributed by atoms with E-state index in [9.17, 15) is 0 Å². The minimum absolute atomic E-state index is 0.415. The SMILES string of the molecule is N#Cc1csc(CN2CCCC2c2nc3c([nH]2)CCCC3)c1. The summed E-state index contributed by atoms with van der Waals surface area (Å²) >= 11 is 1.69. The summed E-state index contributed by atoms with van der Waals surface area (Å²) in [5.74, 6) is 1.17. The average Bonchev–Trinajstić information content (AvgIpc) is 3.25. The second-order valence-electron chi connectivity index (χ2n) is 6.30. The van der Waals surface area contributed by atoms with Crippen molar-refractivity contribution in [2.24, 2.45) is 0 Å². The van der Waals surface area contributed by atoms with Crippen LogP contribution in [0.2, 0.25) is 0 Å². The third-order valence-corrected chi connectivity index (χ3v) is 5.72. The van der Waals surface area contributed by atoms with Crippen LogP contribution in [0.3, 0.4) is 0 Å². The minimum atomic E-state index is 0.415. The Labute approximate surface area is 134 Å². The lowest BCUT2D eigenvalue weighted by molar-refractivity contribution is 0.243. The molecule has 0 amide bonds. The highest BCUT2D eigenvalue weighted by atomic mass is 32.1. The molecule has 1 fully saturated rings. The summed E-state index contributed by atoms with van der Waals surface area (Å²) in [4.78, 5) is 12.3. The second-order valence-corrected chi connectivity index (χ2v) is 7.29. The number of aryl methyl sites for hydroxylation is 2. The van der Waals surface area contributed by atoms with Crippen LogP contribution in [-0.4, -0.2) is 21.4 Å². The van der Waals surface area contributed by atoms with Crippen LogP contribution in [0.25, 0.3) is 0 Å². The van der Waals surface area contributed by atoms with Crippen molar-refractivity contribution in [2.45, 2.75) is 51.1 Å². The van der Waals surface area contributed by atoms with Gasteiger partial charge in [0.05, 0.1) is 17.3 Å². The molecule has 1 N–H and O–H groups in total. The fourth-order valence-electron chi connectivity index (χ4n) is 3.68. The maximum absolute atomic E-state index is 8.96. The lowest BCUT2D eigenvalue weighted by Crippen LogP contribution is -2.23. The minimum Gasteiger partial charge on any atom is -0.344 e. The van der Waals surface area contributed by atoms with E-state index >= 15 is 0 Å². The van der Waals surface area contributed by atoms with Crippen molar-refractivity contribution in [1.82, 2.24) is 14.9 Å². The van der Waals surface area contributed by atoms with Crippen molar-refractivity contribution < 1.29 is 0 Å². The molecule has 0 aromatic carbocycles. The number of nitrogens with zero attached hydrogens (tertiary/aromatic N) is 3. The molecular weight excluding hydrogens is 292 g/mol. The van der Waals surface area contributed by atoms with Crippen LogP contribution in [0.4, 0.5) is 0 Å². The van der Waals surface area contributed by atoms with Crippen LogP contribution < -0.4 is 0 Å². The number of fused-ring (bicyclic) bond motifs is 1. The van der Waals surface area contributed by atoms with Gasteiger partial charge in [0.1, 0.15) is 11.9 Å². The van der Waals surface area contributed by atoms with E-state index in [1.165, 1.54) is 47.8 Å². The molecule has 2 aromatic rings. The second kappa shape index (κ2) is 5.86. The summed E-state index contributed by atoms with van der Waals surface area (Å²) in [6.45, 7) is 2.05. The van der Waals surface area contributed by atoms with Crippen molar-refractivity contribution in [2.75, 3.05) is 6.54 Å². The van der Waals surface area contributed by atoms with Crippen LogP contribution >= 0.6 is 11.3 Å². The van der Waals surface area contributed by atoms with Gasteiger partial charge < -0.3 is 4.98 Å². The molecule has 0 spiro atoms. The normalized spacial score (nSPS) is 21.7. The first kappa shape index (κ1) is 14.0. The highest BCUT2D eigenvalue weighted by Gasteiger charge is 2.30. The number of aromatic nitrogens is 2. The van der Waals surface area contributed by atoms with E-state index in [1.54, 1.807) is 11.3 Å². The quantitative estimate of drug-likeness (QED) is 0.943. The third kappa shape index (κ3) is 2.57. The first-order chi connectivity index (χ1) is 10.8. The van der Waals surface area contributed by atoms with E-state index in [-0.39, 0.29) is 0 Å². The molecule has 5 heteroatoms. The molecule has 4 rings (SSSR count). The van der Waals surface area contributed by atoms with Gasteiger partial charge in [0.25, 0.3) is 0 Å². The zero-order valence-corrected chi connectivity index (χ0v) is 13.5. The Balaban J connectivity index is 1.53. The Morgan fingerprint density at radius 1 is 1.36 bits per heavy atom. The standard InChI is InChI=1S/C17H20N4S/c18-9-12-8-13(22-11-12)10-21-7-3-6-16(21)17-19-14-4-1-2-5-15(14)20-17/h8,11,16H,1-7,10H2,(H,19,20). The Kier molecular flexibility index (Phi) is 3.73. The lowest BCUT2D eigenvalue weighted by atomic mass is 10.0. The van der Waals surface area contributed by atoms with Gasteiger partial charge in [0, 0.05) is 22.5 Å². The smallest absolute Gasteiger partial charge is 0.124 e. The van der Waals surface area contributed by atoms with Crippen molar-refractivity contribution in [1.29, 1.82) is 5.26 Å². The molecule has 1 atom stereocenters. The number of nitrogens with one attached hydrogen (secondary N) is 1. The van der Waals surface area contributed by atoms with E-state index in [1.807, 2.05) is 11.4 Å². The monoisotopic (exact) mass is 312 g/mol. The summed E-state index contributed by atoms with van der Waals surface area (Å²) in [5.41, 5.74) is 3.45. The Morgan fingerprint density at radius 2 is 2.27 bits per heavy atom. The predicted molar refractivity (Wildman–Crippen MR) is 86.6 cm³/mol. The fourth-order valence-corrected chi connectivity index (χ4v) is 4.52. The molecule has 0 radical (unpaired) electrons. The number of rotatable bonds is 3. The fraction of sp³-hybridized carbons (Fsp3) is 0.529. The molecule has 1 aliphatic carbocycles. The highest BCUT2D eigenvalue weighted by Crippen LogP contribution is 2.34. The maximum Gasteiger partial charge on any atom is 0.124 e. The molecule has 4 nitrogen and oxygen atoms in total. The van der Waals surface area contributed by atoms with Crippen molar-refractivity contribution in [3.8, 4) is 6.07 Å². The van der Waals surface area contributed by atoms with Gasteiger partial charge in [0.15, 0.2) is 0 Å². The molecule has 114 valence electrons. The summed E-state index contributed by atoms with van der Waals surface area (Å²) in [7, 11) is 0. The van der Waals surface area contributed by atoms with Gasteiger partial charge in [-0.05, 0) is 51.1 Å². The van der Waals surface area contributed by atoms with E-state index in [2.05, 4.69) is 16.0 Å². The van der Waals surface area contributed by atoms with Gasteiger partial charge >= 0.3 is 0 Å². The number of aromatic amines is 1. The topological polar surface area (TPSA) is 55.7 Å². The Hall–Kier alpha value is -1.64. The number of likely N-dealkylation sites (tertiary alicyclic amines) is 1. The number of hydrogen-bond acceptors (Lipinski definition) is 4. The van der Waals surface area contributed by atoms with Crippen molar-refractivity contribution in [3.63, 3.8) is 0 Å². The molecule has 22 heavy (non-hydrogen) atoms. The Morgan fingerprint density at radius 3 is 3.09 bits per heavy atom. The first-order valence-corrected chi connectivity index (χ1v) is 9.00. The number of thiophene rings is 1. The molecule has 3 heterocycles. The van der Waals surface area contributed by atoms with E-state index in [0.29, 0.717) is 6.04 Å². The van der Waals surface area contributed by atoms with Gasteiger partial charge in [-0.3, -0.25) is 4.90 Å². The van der Waals surface area contributed by atoms with Crippen LogP contribution in [0.5, 0.6) is 0 Å². The molecule has 0 saturated carbocycles. The first-order valence-electron chi connectivity index (χ1n) is 8.12. The molecule has 2 aromatic heterocycles. The molecule has 1 saturated heterocycles. The van der Waals surface area contributed by atoms with Crippen LogP contribution in [-0.2, 0) is 19.4 Å². The highest BCUT2D eigenvalue weighted by molar-refractivity contribution is 7.10.